The molecular formula is C16H25ClN2. The minimum atomic E-state index is 0.424. The summed E-state index contributed by atoms with van der Waals surface area (Å²) in [6, 6.07) is 4.20. The number of pyridine rings is 1. The van der Waals surface area contributed by atoms with Gasteiger partial charge >= 0.3 is 0 Å². The monoisotopic (exact) mass is 280 g/mol. The summed E-state index contributed by atoms with van der Waals surface area (Å²) in [7, 11) is 0. The van der Waals surface area contributed by atoms with E-state index in [2.05, 4.69) is 42.8 Å². The van der Waals surface area contributed by atoms with Gasteiger partial charge in [-0.05, 0) is 48.8 Å². The second kappa shape index (κ2) is 5.70. The molecule has 0 aromatic carbocycles. The Balaban J connectivity index is 2.07. The largest absolute Gasteiger partial charge is 0.357 e. The number of hydrogen-bond acceptors (Lipinski definition) is 2. The van der Waals surface area contributed by atoms with E-state index in [0.29, 0.717) is 11.3 Å². The van der Waals surface area contributed by atoms with Crippen LogP contribution < -0.4 is 4.90 Å². The molecule has 2 heterocycles. The average Bonchev–Trinajstić information content (AvgIpc) is 2.37. The number of piperidine rings is 1. The standard InChI is InChI=1S/C16H25ClN2/c1-12-9-13(11-17)10-15(18-12)19-7-5-14(6-8-19)16(2,3)4/h9-10,14H,5-8,11H2,1-4H3. The number of anilines is 1. The maximum absolute atomic E-state index is 5.95. The number of rotatable bonds is 2. The maximum Gasteiger partial charge on any atom is 0.129 e. The molecule has 0 unspecified atom stereocenters. The van der Waals surface area contributed by atoms with Crippen LogP contribution in [0, 0.1) is 18.3 Å². The minimum absolute atomic E-state index is 0.424. The average molecular weight is 281 g/mol. The molecule has 19 heavy (non-hydrogen) atoms. The highest BCUT2D eigenvalue weighted by atomic mass is 35.5. The Kier molecular flexibility index (Phi) is 4.39. The van der Waals surface area contributed by atoms with Crippen molar-refractivity contribution in [3.8, 4) is 0 Å². The zero-order chi connectivity index (χ0) is 14.0. The third-order valence-corrected chi connectivity index (χ3v) is 4.51. The van der Waals surface area contributed by atoms with Crippen LogP contribution in [0.2, 0.25) is 0 Å². The van der Waals surface area contributed by atoms with Gasteiger partial charge in [-0.25, -0.2) is 4.98 Å². The molecule has 1 aromatic heterocycles. The van der Waals surface area contributed by atoms with Gasteiger partial charge in [0.05, 0.1) is 0 Å². The summed E-state index contributed by atoms with van der Waals surface area (Å²) in [4.78, 5) is 7.07. The van der Waals surface area contributed by atoms with Crippen molar-refractivity contribution in [3.63, 3.8) is 0 Å². The molecule has 1 aromatic rings. The summed E-state index contributed by atoms with van der Waals surface area (Å²) in [5.41, 5.74) is 2.65. The molecule has 0 atom stereocenters. The first-order valence-electron chi connectivity index (χ1n) is 7.18. The first-order valence-corrected chi connectivity index (χ1v) is 7.72. The lowest BCUT2D eigenvalue weighted by atomic mass is 9.75. The lowest BCUT2D eigenvalue weighted by molar-refractivity contribution is 0.198. The molecule has 1 aliphatic rings. The molecule has 0 spiro atoms. The molecular weight excluding hydrogens is 256 g/mol. The van der Waals surface area contributed by atoms with Crippen LogP contribution >= 0.6 is 11.6 Å². The number of alkyl halides is 1. The summed E-state index contributed by atoms with van der Waals surface area (Å²) in [6.07, 6.45) is 2.52. The van der Waals surface area contributed by atoms with E-state index in [1.54, 1.807) is 0 Å². The predicted molar refractivity (Wildman–Crippen MR) is 82.9 cm³/mol. The van der Waals surface area contributed by atoms with Gasteiger partial charge < -0.3 is 4.90 Å². The second-order valence-corrected chi connectivity index (χ2v) is 7.00. The fourth-order valence-corrected chi connectivity index (χ4v) is 3.09. The fraction of sp³-hybridized carbons (Fsp3) is 0.688. The van der Waals surface area contributed by atoms with E-state index in [-0.39, 0.29) is 0 Å². The Morgan fingerprint density at radius 3 is 2.42 bits per heavy atom. The van der Waals surface area contributed by atoms with Gasteiger partial charge in [-0.1, -0.05) is 20.8 Å². The minimum Gasteiger partial charge on any atom is -0.357 e. The summed E-state index contributed by atoms with van der Waals surface area (Å²) >= 11 is 5.95. The Labute approximate surface area is 122 Å². The van der Waals surface area contributed by atoms with Gasteiger partial charge in [-0.2, -0.15) is 0 Å². The number of nitrogens with zero attached hydrogens (tertiary/aromatic N) is 2. The molecule has 2 rings (SSSR count). The van der Waals surface area contributed by atoms with E-state index in [4.69, 9.17) is 11.6 Å². The van der Waals surface area contributed by atoms with Gasteiger partial charge in [0.2, 0.25) is 0 Å². The summed E-state index contributed by atoms with van der Waals surface area (Å²) in [6.45, 7) is 11.3. The van der Waals surface area contributed by atoms with Gasteiger partial charge in [0.1, 0.15) is 5.82 Å². The molecule has 0 bridgehead atoms. The van der Waals surface area contributed by atoms with Crippen molar-refractivity contribution < 1.29 is 0 Å². The highest BCUT2D eigenvalue weighted by Crippen LogP contribution is 2.35. The lowest BCUT2D eigenvalue weighted by Crippen LogP contribution is -2.38. The predicted octanol–water partition coefficient (Wildman–Crippen LogP) is 4.39. The van der Waals surface area contributed by atoms with Crippen LogP contribution in [0.25, 0.3) is 0 Å². The van der Waals surface area contributed by atoms with Crippen LogP contribution in [-0.2, 0) is 5.88 Å². The van der Waals surface area contributed by atoms with E-state index >= 15 is 0 Å². The summed E-state index contributed by atoms with van der Waals surface area (Å²) < 4.78 is 0. The summed E-state index contributed by atoms with van der Waals surface area (Å²) in [5, 5.41) is 0. The molecule has 0 amide bonds. The summed E-state index contributed by atoms with van der Waals surface area (Å²) in [5.74, 6) is 2.48. The van der Waals surface area contributed by atoms with Gasteiger partial charge in [-0.15, -0.1) is 11.6 Å². The highest BCUT2D eigenvalue weighted by Gasteiger charge is 2.29. The number of hydrogen-bond donors (Lipinski definition) is 0. The van der Waals surface area contributed by atoms with Crippen molar-refractivity contribution in [2.75, 3.05) is 18.0 Å². The molecule has 2 nitrogen and oxygen atoms in total. The number of aryl methyl sites for hydroxylation is 1. The maximum atomic E-state index is 5.95. The van der Waals surface area contributed by atoms with E-state index in [1.165, 1.54) is 18.4 Å². The number of aromatic nitrogens is 1. The third kappa shape index (κ3) is 3.62. The lowest BCUT2D eigenvalue weighted by Gasteiger charge is -2.39. The van der Waals surface area contributed by atoms with Crippen molar-refractivity contribution in [3.05, 3.63) is 23.4 Å². The van der Waals surface area contributed by atoms with Crippen molar-refractivity contribution in [1.29, 1.82) is 0 Å². The zero-order valence-electron chi connectivity index (χ0n) is 12.5. The van der Waals surface area contributed by atoms with Gasteiger partial charge in [0.25, 0.3) is 0 Å². The van der Waals surface area contributed by atoms with Crippen LogP contribution in [0.4, 0.5) is 5.82 Å². The molecule has 3 heteroatoms. The Morgan fingerprint density at radius 2 is 1.89 bits per heavy atom. The third-order valence-electron chi connectivity index (χ3n) is 4.20. The molecule has 1 saturated heterocycles. The van der Waals surface area contributed by atoms with Crippen molar-refractivity contribution in [1.82, 2.24) is 4.98 Å². The SMILES string of the molecule is Cc1cc(CCl)cc(N2CCC(C(C)(C)C)CC2)n1. The van der Waals surface area contributed by atoms with Crippen LogP contribution in [0.5, 0.6) is 0 Å². The topological polar surface area (TPSA) is 16.1 Å². The smallest absolute Gasteiger partial charge is 0.129 e. The normalized spacial score (nSPS) is 17.8. The van der Waals surface area contributed by atoms with E-state index in [1.807, 2.05) is 6.92 Å². The molecule has 0 radical (unpaired) electrons. The Morgan fingerprint density at radius 1 is 1.26 bits per heavy atom. The molecule has 0 saturated carbocycles. The van der Waals surface area contributed by atoms with Crippen LogP contribution in [-0.4, -0.2) is 18.1 Å². The molecule has 0 N–H and O–H groups in total. The van der Waals surface area contributed by atoms with Crippen LogP contribution in [0.3, 0.4) is 0 Å². The molecule has 106 valence electrons. The highest BCUT2D eigenvalue weighted by molar-refractivity contribution is 6.17. The van der Waals surface area contributed by atoms with E-state index < -0.39 is 0 Å². The fourth-order valence-electron chi connectivity index (χ4n) is 2.93. The quantitative estimate of drug-likeness (QED) is 0.747. The molecule has 1 fully saturated rings. The van der Waals surface area contributed by atoms with Crippen molar-refractivity contribution >= 4 is 17.4 Å². The van der Waals surface area contributed by atoms with E-state index in [9.17, 15) is 0 Å². The van der Waals surface area contributed by atoms with Gasteiger partial charge in [0, 0.05) is 24.7 Å². The molecule has 0 aliphatic carbocycles. The van der Waals surface area contributed by atoms with Crippen molar-refractivity contribution in [2.45, 2.75) is 46.4 Å². The second-order valence-electron chi connectivity index (χ2n) is 6.74. The Hall–Kier alpha value is -0.760. The van der Waals surface area contributed by atoms with Crippen LogP contribution in [0.15, 0.2) is 12.1 Å². The zero-order valence-corrected chi connectivity index (χ0v) is 13.3. The van der Waals surface area contributed by atoms with Crippen molar-refractivity contribution in [2.24, 2.45) is 11.3 Å². The van der Waals surface area contributed by atoms with E-state index in [0.717, 1.165) is 30.5 Å². The Bertz CT molecular complexity index is 429. The first-order chi connectivity index (χ1) is 8.90. The number of halogens is 1. The van der Waals surface area contributed by atoms with Gasteiger partial charge in [0.15, 0.2) is 0 Å². The first kappa shape index (κ1) is 14.6. The van der Waals surface area contributed by atoms with Gasteiger partial charge in [-0.3, -0.25) is 0 Å². The van der Waals surface area contributed by atoms with Crippen LogP contribution in [0.1, 0.15) is 44.9 Å². The molecule has 1 aliphatic heterocycles.